The third-order valence-electron chi connectivity index (χ3n) is 5.99. The Morgan fingerprint density at radius 2 is 1.35 bits per heavy atom. The van der Waals surface area contributed by atoms with Crippen LogP contribution in [0.5, 0.6) is 0 Å². The molecule has 3 aromatic rings. The fourth-order valence-corrected chi connectivity index (χ4v) is 11.6. The van der Waals surface area contributed by atoms with Gasteiger partial charge >= 0.3 is 195 Å². The molecule has 0 aliphatic carbocycles. The molecule has 0 radical (unpaired) electrons. The molecule has 1 saturated heterocycles. The molecule has 1 heterocycles. The molecule has 0 N–H and O–H groups in total. The van der Waals surface area contributed by atoms with E-state index in [4.69, 9.17) is 9.16 Å². The quantitative estimate of drug-likeness (QED) is 0.458. The normalized spacial score (nSPS) is 19.5. The zero-order valence-corrected chi connectivity index (χ0v) is 21.4. The minimum atomic E-state index is -2.49. The molecule has 1 fully saturated rings. The fraction of sp³-hybridized carbons (Fsp3) is 0.333. The van der Waals surface area contributed by atoms with Crippen molar-refractivity contribution in [1.82, 2.24) is 0 Å². The van der Waals surface area contributed by atoms with Crippen LogP contribution >= 0.6 is 0 Å². The van der Waals surface area contributed by atoms with Crippen molar-refractivity contribution in [1.29, 1.82) is 0 Å². The first kappa shape index (κ1) is 22.5. The summed E-state index contributed by atoms with van der Waals surface area (Å²) in [5.74, 6) is 0. The maximum absolute atomic E-state index is 7.07. The number of benzene rings is 3. The Hall–Kier alpha value is -1.68. The van der Waals surface area contributed by atoms with Crippen LogP contribution in [-0.2, 0) is 9.16 Å². The van der Waals surface area contributed by atoms with E-state index >= 15 is 0 Å². The molecule has 0 spiro atoms. The maximum atomic E-state index is 7.07. The molecule has 0 amide bonds. The van der Waals surface area contributed by atoms with E-state index in [2.05, 4.69) is 112 Å². The predicted molar refractivity (Wildman–Crippen MR) is 134 cm³/mol. The van der Waals surface area contributed by atoms with Gasteiger partial charge in [-0.1, -0.05) is 0 Å². The molecule has 1 aliphatic rings. The van der Waals surface area contributed by atoms with E-state index in [0.717, 1.165) is 13.0 Å². The molecule has 3 aromatic carbocycles. The average molecular weight is 496 g/mol. The van der Waals surface area contributed by atoms with Gasteiger partial charge < -0.3 is 0 Å². The van der Waals surface area contributed by atoms with Crippen LogP contribution in [-0.4, -0.2) is 42.6 Å². The second-order valence-corrected chi connectivity index (χ2v) is 16.4. The van der Waals surface area contributed by atoms with Crippen molar-refractivity contribution in [2.75, 3.05) is 13.2 Å². The van der Waals surface area contributed by atoms with E-state index in [0.29, 0.717) is 26.4 Å². The van der Waals surface area contributed by atoms with Crippen molar-refractivity contribution < 1.29 is 9.16 Å². The van der Waals surface area contributed by atoms with E-state index < -0.39 is 8.32 Å². The van der Waals surface area contributed by atoms with Crippen LogP contribution in [0.4, 0.5) is 0 Å². The first-order chi connectivity index (χ1) is 15.0. The molecule has 0 saturated carbocycles. The van der Waals surface area contributed by atoms with Gasteiger partial charge in [0.15, 0.2) is 0 Å². The van der Waals surface area contributed by atoms with Crippen LogP contribution in [0, 0.1) is 0 Å². The molecule has 1 aliphatic heterocycles. The van der Waals surface area contributed by atoms with Gasteiger partial charge in [0.05, 0.1) is 0 Å². The van der Waals surface area contributed by atoms with Gasteiger partial charge in [-0.25, -0.2) is 0 Å². The molecule has 2 atom stereocenters. The van der Waals surface area contributed by atoms with Crippen LogP contribution in [0.2, 0.25) is 9.85 Å². The Labute approximate surface area is 194 Å². The molecule has 0 bridgehead atoms. The van der Waals surface area contributed by atoms with Gasteiger partial charge in [-0.3, -0.25) is 0 Å². The van der Waals surface area contributed by atoms with Crippen LogP contribution in [0.1, 0.15) is 27.2 Å². The number of ether oxygens (including phenoxy) is 1. The summed E-state index contributed by atoms with van der Waals surface area (Å²) in [5, 5.41) is 2.66. The van der Waals surface area contributed by atoms with Gasteiger partial charge in [0.1, 0.15) is 0 Å². The summed E-state index contributed by atoms with van der Waals surface area (Å²) in [5.41, 5.74) is 0. The summed E-state index contributed by atoms with van der Waals surface area (Å²) in [6.07, 6.45) is 1.27. The first-order valence-corrected chi connectivity index (χ1v) is 14.8. The molecule has 162 valence electrons. The average Bonchev–Trinajstić information content (AvgIpc) is 3.23. The molecule has 31 heavy (non-hydrogen) atoms. The number of hydrogen-bond donors (Lipinski definition) is 0. The van der Waals surface area contributed by atoms with E-state index in [1.165, 1.54) is 14.8 Å². The molecule has 0 unspecified atom stereocenters. The van der Waals surface area contributed by atoms with Crippen molar-refractivity contribution in [3.63, 3.8) is 0 Å². The topological polar surface area (TPSA) is 18.5 Å². The summed E-state index contributed by atoms with van der Waals surface area (Å²) in [6, 6.07) is 32.6. The van der Waals surface area contributed by atoms with Crippen LogP contribution < -0.4 is 14.8 Å². The molecular weight excluding hydrogens is 463 g/mol. The van der Waals surface area contributed by atoms with Crippen LogP contribution in [0.3, 0.4) is 0 Å². The van der Waals surface area contributed by atoms with Crippen LogP contribution in [0.15, 0.2) is 91.0 Å². The Bertz CT molecular complexity index is 902. The molecule has 4 heteroatoms. The second-order valence-electron chi connectivity index (χ2n) is 9.22. The Balaban J connectivity index is 1.55. The van der Waals surface area contributed by atoms with Gasteiger partial charge in [0, 0.05) is 0 Å². The molecule has 4 rings (SSSR count). The van der Waals surface area contributed by atoms with E-state index in [-0.39, 0.29) is 11.1 Å². The first-order valence-electron chi connectivity index (χ1n) is 11.1. The minimum absolute atomic E-state index is 0.00168. The van der Waals surface area contributed by atoms with Crippen molar-refractivity contribution >= 4 is 38.1 Å². The van der Waals surface area contributed by atoms with E-state index in [1.54, 1.807) is 0 Å². The number of rotatable bonds is 7. The standard InChI is InChI=1S/C27H32O2SeSi/c1-27(2,3)31(25-15-9-5-10-16-25,26-17-11-6-12-18-26)29-20-22-19-24(21-28-22)30-23-13-7-4-8-14-23/h4-18,22,24H,19-21H2,1-3H3/t22-,24+/m1/s1. The predicted octanol–water partition coefficient (Wildman–Crippen LogP) is 4.17. The Morgan fingerprint density at radius 1 is 0.839 bits per heavy atom. The van der Waals surface area contributed by atoms with Gasteiger partial charge in [-0.2, -0.15) is 0 Å². The zero-order chi connectivity index (χ0) is 21.7. The summed E-state index contributed by atoms with van der Waals surface area (Å²) in [7, 11) is -2.49. The SMILES string of the molecule is CC(C)(C)[Si](OC[C@H]1C[C@H]([Se]c2ccccc2)CO1)(c1ccccc1)c1ccccc1. The second kappa shape index (κ2) is 9.85. The third-order valence-corrected chi connectivity index (χ3v) is 13.5. The molecule has 0 aromatic heterocycles. The summed E-state index contributed by atoms with van der Waals surface area (Å²) in [6.45, 7) is 8.50. The van der Waals surface area contributed by atoms with Gasteiger partial charge in [-0.15, -0.1) is 0 Å². The zero-order valence-electron chi connectivity index (χ0n) is 18.7. The van der Waals surface area contributed by atoms with Crippen LogP contribution in [0.25, 0.3) is 0 Å². The Kier molecular flexibility index (Phi) is 7.15. The van der Waals surface area contributed by atoms with Gasteiger partial charge in [-0.05, 0) is 0 Å². The van der Waals surface area contributed by atoms with Gasteiger partial charge in [0.2, 0.25) is 0 Å². The van der Waals surface area contributed by atoms with Crippen molar-refractivity contribution in [3.8, 4) is 0 Å². The van der Waals surface area contributed by atoms with Gasteiger partial charge in [0.25, 0.3) is 0 Å². The molecular formula is C27H32O2SeSi. The van der Waals surface area contributed by atoms with Crippen molar-refractivity contribution in [3.05, 3.63) is 91.0 Å². The van der Waals surface area contributed by atoms with Crippen molar-refractivity contribution in [2.24, 2.45) is 0 Å². The number of hydrogen-bond acceptors (Lipinski definition) is 2. The van der Waals surface area contributed by atoms with Crippen molar-refractivity contribution in [2.45, 2.75) is 43.2 Å². The third kappa shape index (κ3) is 5.05. The van der Waals surface area contributed by atoms with E-state index in [9.17, 15) is 0 Å². The Morgan fingerprint density at radius 3 is 1.87 bits per heavy atom. The summed E-state index contributed by atoms with van der Waals surface area (Å²) >= 11 is 0.452. The van der Waals surface area contributed by atoms with E-state index in [1.807, 2.05) is 0 Å². The fourth-order valence-electron chi connectivity index (χ4n) is 4.54. The summed E-state index contributed by atoms with van der Waals surface area (Å²) in [4.78, 5) is 0.627. The monoisotopic (exact) mass is 496 g/mol. The summed E-state index contributed by atoms with van der Waals surface area (Å²) < 4.78 is 14.8. The molecule has 2 nitrogen and oxygen atoms in total.